The fourth-order valence-corrected chi connectivity index (χ4v) is 1.99. The maximum Gasteiger partial charge on any atom is 0.257 e. The van der Waals surface area contributed by atoms with E-state index in [0.717, 1.165) is 6.07 Å². The third-order valence-corrected chi connectivity index (χ3v) is 3.27. The molecule has 0 saturated carbocycles. The molecule has 20 heavy (non-hydrogen) atoms. The minimum Gasteiger partial charge on any atom is -0.321 e. The maximum absolute atomic E-state index is 13.5. The Bertz CT molecular complexity index is 664. The molecule has 0 fully saturated rings. The number of halogens is 3. The number of nitrogens with two attached hydrogens (primary N) is 1. The molecule has 0 aromatic heterocycles. The Hall–Kier alpha value is -1.99. The van der Waals surface area contributed by atoms with Crippen LogP contribution in [0.15, 0.2) is 40.9 Å². The Morgan fingerprint density at radius 2 is 1.95 bits per heavy atom. The summed E-state index contributed by atoms with van der Waals surface area (Å²) < 4.78 is 27.2. The molecule has 0 unspecified atom stereocenters. The molecular formula is C13H10BrF2N3O. The van der Waals surface area contributed by atoms with Crippen LogP contribution in [0, 0.1) is 11.6 Å². The average Bonchev–Trinajstić information content (AvgIpc) is 2.42. The van der Waals surface area contributed by atoms with Gasteiger partial charge in [-0.25, -0.2) is 8.78 Å². The van der Waals surface area contributed by atoms with E-state index in [9.17, 15) is 13.6 Å². The summed E-state index contributed by atoms with van der Waals surface area (Å²) in [6.07, 6.45) is 0. The highest BCUT2D eigenvalue weighted by Crippen LogP contribution is 2.25. The first-order chi connectivity index (χ1) is 9.52. The highest BCUT2D eigenvalue weighted by Gasteiger charge is 2.15. The van der Waals surface area contributed by atoms with Crippen LogP contribution in [0.4, 0.5) is 20.2 Å². The number of carbonyl (C=O) groups is 1. The highest BCUT2D eigenvalue weighted by atomic mass is 79.9. The van der Waals surface area contributed by atoms with E-state index in [-0.39, 0.29) is 16.9 Å². The monoisotopic (exact) mass is 341 g/mol. The van der Waals surface area contributed by atoms with Gasteiger partial charge in [-0.1, -0.05) is 6.07 Å². The van der Waals surface area contributed by atoms with Crippen molar-refractivity contribution < 1.29 is 13.6 Å². The van der Waals surface area contributed by atoms with Crippen molar-refractivity contribution in [2.45, 2.75) is 0 Å². The number of hydrogen-bond acceptors (Lipinski definition) is 3. The van der Waals surface area contributed by atoms with E-state index in [4.69, 9.17) is 5.84 Å². The number of nitrogens with one attached hydrogen (secondary N) is 2. The van der Waals surface area contributed by atoms with Crippen LogP contribution in [-0.2, 0) is 0 Å². The Balaban J connectivity index is 2.33. The number of benzene rings is 2. The van der Waals surface area contributed by atoms with Crippen LogP contribution in [0.1, 0.15) is 10.4 Å². The fourth-order valence-electron chi connectivity index (χ4n) is 1.64. The number of rotatable bonds is 3. The molecule has 0 radical (unpaired) electrons. The molecule has 2 aromatic carbocycles. The standard InChI is InChI=1S/C13H10BrF2N3O/c14-9-5-4-7(15)6-11(9)18-13(20)8-2-1-3-10(16)12(8)19-17/h1-6,19H,17H2,(H,18,20). The van der Waals surface area contributed by atoms with Gasteiger partial charge in [0.2, 0.25) is 0 Å². The largest absolute Gasteiger partial charge is 0.321 e. The normalized spacial score (nSPS) is 10.2. The molecule has 104 valence electrons. The SMILES string of the molecule is NNc1c(F)cccc1C(=O)Nc1cc(F)ccc1Br. The second kappa shape index (κ2) is 5.98. The summed E-state index contributed by atoms with van der Waals surface area (Å²) in [6.45, 7) is 0. The van der Waals surface area contributed by atoms with Crippen molar-refractivity contribution in [2.24, 2.45) is 5.84 Å². The summed E-state index contributed by atoms with van der Waals surface area (Å²) in [5, 5.41) is 2.48. The minimum atomic E-state index is -0.654. The third-order valence-electron chi connectivity index (χ3n) is 2.58. The van der Waals surface area contributed by atoms with Crippen molar-refractivity contribution >= 4 is 33.2 Å². The van der Waals surface area contributed by atoms with Gasteiger partial charge < -0.3 is 10.7 Å². The molecule has 0 atom stereocenters. The van der Waals surface area contributed by atoms with Crippen LogP contribution in [0.3, 0.4) is 0 Å². The molecule has 2 rings (SSSR count). The Kier molecular flexibility index (Phi) is 4.31. The van der Waals surface area contributed by atoms with Crippen LogP contribution in [-0.4, -0.2) is 5.91 Å². The van der Waals surface area contributed by atoms with Crippen molar-refractivity contribution in [1.29, 1.82) is 0 Å². The molecule has 0 spiro atoms. The molecule has 4 nitrogen and oxygen atoms in total. The van der Waals surface area contributed by atoms with Crippen molar-refractivity contribution in [3.05, 3.63) is 58.1 Å². The number of hydrogen-bond donors (Lipinski definition) is 3. The summed E-state index contributed by atoms with van der Waals surface area (Å²) in [7, 11) is 0. The molecule has 4 N–H and O–H groups in total. The smallest absolute Gasteiger partial charge is 0.257 e. The molecule has 1 amide bonds. The number of nitrogen functional groups attached to an aromatic ring is 1. The Morgan fingerprint density at radius 3 is 2.65 bits per heavy atom. The summed E-state index contributed by atoms with van der Waals surface area (Å²) in [4.78, 5) is 12.1. The zero-order valence-corrected chi connectivity index (χ0v) is 11.7. The van der Waals surface area contributed by atoms with Crippen LogP contribution in [0.5, 0.6) is 0 Å². The van der Waals surface area contributed by atoms with E-state index in [1.54, 1.807) is 0 Å². The summed E-state index contributed by atoms with van der Waals surface area (Å²) in [6, 6.07) is 7.81. The van der Waals surface area contributed by atoms with E-state index in [1.807, 2.05) is 0 Å². The molecule has 0 saturated heterocycles. The van der Waals surface area contributed by atoms with Gasteiger partial charge >= 0.3 is 0 Å². The number of carbonyl (C=O) groups excluding carboxylic acids is 1. The lowest BCUT2D eigenvalue weighted by Crippen LogP contribution is -2.18. The van der Waals surface area contributed by atoms with E-state index in [0.29, 0.717) is 4.47 Å². The first-order valence-electron chi connectivity index (χ1n) is 5.54. The molecule has 0 aliphatic carbocycles. The summed E-state index contributed by atoms with van der Waals surface area (Å²) in [5.41, 5.74) is 2.26. The molecule has 0 bridgehead atoms. The summed E-state index contributed by atoms with van der Waals surface area (Å²) in [5.74, 6) is 3.44. The zero-order chi connectivity index (χ0) is 14.7. The average molecular weight is 342 g/mol. The van der Waals surface area contributed by atoms with Gasteiger partial charge in [-0.2, -0.15) is 0 Å². The van der Waals surface area contributed by atoms with Gasteiger partial charge in [-0.05, 0) is 46.3 Å². The highest BCUT2D eigenvalue weighted by molar-refractivity contribution is 9.10. The second-order valence-electron chi connectivity index (χ2n) is 3.89. The van der Waals surface area contributed by atoms with Gasteiger partial charge in [-0.3, -0.25) is 10.6 Å². The van der Waals surface area contributed by atoms with E-state index in [2.05, 4.69) is 26.7 Å². The lowest BCUT2D eigenvalue weighted by Gasteiger charge is -2.11. The predicted molar refractivity (Wildman–Crippen MR) is 76.3 cm³/mol. The van der Waals surface area contributed by atoms with E-state index < -0.39 is 17.5 Å². The number of hydrazine groups is 1. The van der Waals surface area contributed by atoms with Crippen LogP contribution in [0.2, 0.25) is 0 Å². The second-order valence-corrected chi connectivity index (χ2v) is 4.74. The van der Waals surface area contributed by atoms with Crippen molar-refractivity contribution in [3.63, 3.8) is 0 Å². The lowest BCUT2D eigenvalue weighted by atomic mass is 10.1. The zero-order valence-electron chi connectivity index (χ0n) is 10.1. The topological polar surface area (TPSA) is 67.1 Å². The van der Waals surface area contributed by atoms with E-state index in [1.165, 1.54) is 30.3 Å². The van der Waals surface area contributed by atoms with Gasteiger partial charge in [0, 0.05) is 4.47 Å². The van der Waals surface area contributed by atoms with Crippen molar-refractivity contribution in [2.75, 3.05) is 10.7 Å². The summed E-state index contributed by atoms with van der Waals surface area (Å²) >= 11 is 3.19. The molecule has 7 heteroatoms. The molecule has 2 aromatic rings. The fraction of sp³-hybridized carbons (Fsp3) is 0. The van der Waals surface area contributed by atoms with Gasteiger partial charge in [0.05, 0.1) is 16.9 Å². The van der Waals surface area contributed by atoms with E-state index >= 15 is 0 Å². The van der Waals surface area contributed by atoms with Gasteiger partial charge in [-0.15, -0.1) is 0 Å². The third kappa shape index (κ3) is 2.94. The molecule has 0 heterocycles. The minimum absolute atomic E-state index is 0.0173. The Labute approximate surface area is 122 Å². The number of amides is 1. The maximum atomic E-state index is 13.5. The number of anilines is 2. The number of para-hydroxylation sites is 1. The predicted octanol–water partition coefficient (Wildman–Crippen LogP) is 3.27. The first-order valence-corrected chi connectivity index (χ1v) is 6.33. The molecule has 0 aliphatic rings. The van der Waals surface area contributed by atoms with Crippen LogP contribution in [0.25, 0.3) is 0 Å². The van der Waals surface area contributed by atoms with Crippen molar-refractivity contribution in [3.8, 4) is 0 Å². The lowest BCUT2D eigenvalue weighted by molar-refractivity contribution is 0.102. The van der Waals surface area contributed by atoms with Gasteiger partial charge in [0.15, 0.2) is 0 Å². The van der Waals surface area contributed by atoms with Crippen molar-refractivity contribution in [1.82, 2.24) is 0 Å². The Morgan fingerprint density at radius 1 is 1.20 bits per heavy atom. The molecular weight excluding hydrogens is 332 g/mol. The van der Waals surface area contributed by atoms with Crippen LogP contribution >= 0.6 is 15.9 Å². The molecule has 0 aliphatic heterocycles. The van der Waals surface area contributed by atoms with Gasteiger partial charge in [0.25, 0.3) is 5.91 Å². The van der Waals surface area contributed by atoms with Gasteiger partial charge in [0.1, 0.15) is 11.6 Å². The first kappa shape index (κ1) is 14.4. The quantitative estimate of drug-likeness (QED) is 0.592. The van der Waals surface area contributed by atoms with Crippen LogP contribution < -0.4 is 16.6 Å².